The van der Waals surface area contributed by atoms with Crippen LogP contribution in [0.2, 0.25) is 5.02 Å². The van der Waals surface area contributed by atoms with Crippen molar-refractivity contribution >= 4 is 57.0 Å². The second-order valence-electron chi connectivity index (χ2n) is 3.87. The molecule has 0 heterocycles. The third-order valence-electron chi connectivity index (χ3n) is 2.41. The molecule has 0 aliphatic rings. The number of nitrogens with one attached hydrogen (secondary N) is 2. The number of rotatable bonds is 6. The van der Waals surface area contributed by atoms with E-state index < -0.39 is 18.0 Å². The number of carbonyl (C=O) groups is 2. The zero-order chi connectivity index (χ0) is 15.1. The Morgan fingerprint density at radius 1 is 1.50 bits per heavy atom. The predicted molar refractivity (Wildman–Crippen MR) is 85.7 cm³/mol. The van der Waals surface area contributed by atoms with Crippen molar-refractivity contribution in [1.82, 2.24) is 5.32 Å². The van der Waals surface area contributed by atoms with Crippen molar-refractivity contribution in [2.45, 2.75) is 12.5 Å². The van der Waals surface area contributed by atoms with Crippen LogP contribution in [0.5, 0.6) is 0 Å². The molecule has 0 saturated carbocycles. The number of amides is 2. The average Bonchev–Trinajstić information content (AvgIpc) is 2.39. The molecule has 1 rings (SSSR count). The molecule has 3 N–H and O–H groups in total. The lowest BCUT2D eigenvalue weighted by Gasteiger charge is -2.15. The summed E-state index contributed by atoms with van der Waals surface area (Å²) in [5.74, 6) is -0.405. The van der Waals surface area contributed by atoms with Gasteiger partial charge in [0.15, 0.2) is 0 Å². The number of carboxylic acids is 1. The minimum atomic E-state index is -1.06. The van der Waals surface area contributed by atoms with Crippen LogP contribution in [0.3, 0.4) is 0 Å². The molecular weight excluding hydrogens is 368 g/mol. The number of aliphatic carboxylic acids is 1. The first-order valence-electron chi connectivity index (χ1n) is 5.69. The van der Waals surface area contributed by atoms with Crippen molar-refractivity contribution in [1.29, 1.82) is 0 Å². The number of hydrogen-bond donors (Lipinski definition) is 3. The summed E-state index contributed by atoms with van der Waals surface area (Å²) in [7, 11) is 0. The molecule has 1 aromatic rings. The van der Waals surface area contributed by atoms with Crippen LogP contribution in [0.25, 0.3) is 0 Å². The second kappa shape index (κ2) is 8.39. The van der Waals surface area contributed by atoms with E-state index in [4.69, 9.17) is 16.7 Å². The van der Waals surface area contributed by atoms with Gasteiger partial charge in [-0.25, -0.2) is 9.59 Å². The number of thioether (sulfide) groups is 1. The number of carbonyl (C=O) groups excluding carboxylic acids is 1. The molecule has 110 valence electrons. The lowest BCUT2D eigenvalue weighted by atomic mass is 10.2. The highest BCUT2D eigenvalue weighted by atomic mass is 79.9. The van der Waals surface area contributed by atoms with E-state index in [1.165, 1.54) is 11.8 Å². The molecule has 2 amide bonds. The molecule has 20 heavy (non-hydrogen) atoms. The number of anilines is 1. The highest BCUT2D eigenvalue weighted by Gasteiger charge is 2.19. The smallest absolute Gasteiger partial charge is 0.326 e. The fourth-order valence-electron chi connectivity index (χ4n) is 1.41. The zero-order valence-corrected chi connectivity index (χ0v) is 13.8. The van der Waals surface area contributed by atoms with Gasteiger partial charge in [0, 0.05) is 0 Å². The molecule has 0 aromatic heterocycles. The van der Waals surface area contributed by atoms with Gasteiger partial charge >= 0.3 is 12.0 Å². The molecule has 5 nitrogen and oxygen atoms in total. The quantitative estimate of drug-likeness (QED) is 0.705. The van der Waals surface area contributed by atoms with Gasteiger partial charge < -0.3 is 15.7 Å². The first-order valence-corrected chi connectivity index (χ1v) is 8.25. The number of carboxylic acid groups (broad SMARTS) is 1. The third-order valence-corrected chi connectivity index (χ3v) is 4.46. The first-order chi connectivity index (χ1) is 9.45. The average molecular weight is 382 g/mol. The molecule has 0 aliphatic heterocycles. The lowest BCUT2D eigenvalue weighted by Crippen LogP contribution is -2.43. The number of halogens is 2. The Labute approximate surface area is 134 Å². The molecule has 0 aliphatic carbocycles. The van der Waals surface area contributed by atoms with Crippen molar-refractivity contribution in [3.05, 3.63) is 27.7 Å². The van der Waals surface area contributed by atoms with E-state index in [-0.39, 0.29) is 0 Å². The van der Waals surface area contributed by atoms with Crippen molar-refractivity contribution in [3.8, 4) is 0 Å². The lowest BCUT2D eigenvalue weighted by molar-refractivity contribution is -0.139. The minimum absolute atomic E-state index is 0.362. The van der Waals surface area contributed by atoms with Crippen LogP contribution in [-0.4, -0.2) is 35.2 Å². The fourth-order valence-corrected chi connectivity index (χ4v) is 2.42. The van der Waals surface area contributed by atoms with Gasteiger partial charge in [-0.15, -0.1) is 0 Å². The Kier molecular flexibility index (Phi) is 7.18. The molecule has 0 spiro atoms. The summed E-state index contributed by atoms with van der Waals surface area (Å²) in [5, 5.41) is 14.5. The van der Waals surface area contributed by atoms with Gasteiger partial charge in [-0.05, 0) is 46.5 Å². The minimum Gasteiger partial charge on any atom is -0.480 e. The van der Waals surface area contributed by atoms with Crippen LogP contribution in [0.4, 0.5) is 10.5 Å². The molecule has 0 saturated heterocycles. The summed E-state index contributed by atoms with van der Waals surface area (Å²) >= 11 is 10.7. The zero-order valence-electron chi connectivity index (χ0n) is 10.7. The van der Waals surface area contributed by atoms with Crippen LogP contribution >= 0.6 is 39.3 Å². The van der Waals surface area contributed by atoms with Crippen LogP contribution < -0.4 is 10.6 Å². The number of benzene rings is 1. The van der Waals surface area contributed by atoms with Crippen LogP contribution in [0.1, 0.15) is 6.42 Å². The summed E-state index contributed by atoms with van der Waals surface area (Å²) in [6.07, 6.45) is 2.24. The summed E-state index contributed by atoms with van der Waals surface area (Å²) in [4.78, 5) is 22.8. The topological polar surface area (TPSA) is 78.4 Å². The van der Waals surface area contributed by atoms with Crippen molar-refractivity contribution in [3.63, 3.8) is 0 Å². The third kappa shape index (κ3) is 5.22. The van der Waals surface area contributed by atoms with E-state index in [2.05, 4.69) is 26.6 Å². The summed E-state index contributed by atoms with van der Waals surface area (Å²) < 4.78 is 0.549. The Bertz CT molecular complexity index is 502. The van der Waals surface area contributed by atoms with Gasteiger partial charge in [0.1, 0.15) is 6.04 Å². The standard InChI is InChI=1S/C12H14BrClN2O3S/c1-20-6-5-9(11(17)18)16-12(19)15-8-4-2-3-7(14)10(8)13/h2-4,9H,5-6H2,1H3,(H,17,18)(H2,15,16,19)/t9-/m1/s1. The van der Waals surface area contributed by atoms with Gasteiger partial charge in [-0.2, -0.15) is 11.8 Å². The SMILES string of the molecule is CSCC[C@@H](NC(=O)Nc1cccc(Cl)c1Br)C(=O)O. The normalized spacial score (nSPS) is 11.8. The van der Waals surface area contributed by atoms with E-state index in [1.54, 1.807) is 18.2 Å². The van der Waals surface area contributed by atoms with Crippen molar-refractivity contribution < 1.29 is 14.7 Å². The first kappa shape index (κ1) is 17.1. The fraction of sp³-hybridized carbons (Fsp3) is 0.333. The maximum atomic E-state index is 11.8. The number of hydrogen-bond acceptors (Lipinski definition) is 3. The summed E-state index contributed by atoms with van der Waals surface area (Å²) in [6, 6.07) is 3.52. The Morgan fingerprint density at radius 2 is 2.20 bits per heavy atom. The van der Waals surface area contributed by atoms with Gasteiger partial charge in [0.05, 0.1) is 15.2 Å². The highest BCUT2D eigenvalue weighted by molar-refractivity contribution is 9.10. The highest BCUT2D eigenvalue weighted by Crippen LogP contribution is 2.29. The Morgan fingerprint density at radius 3 is 2.80 bits per heavy atom. The van der Waals surface area contributed by atoms with Crippen LogP contribution in [0.15, 0.2) is 22.7 Å². The van der Waals surface area contributed by atoms with Gasteiger partial charge in [-0.1, -0.05) is 17.7 Å². The molecule has 0 radical (unpaired) electrons. The second-order valence-corrected chi connectivity index (χ2v) is 6.06. The largest absolute Gasteiger partial charge is 0.480 e. The summed E-state index contributed by atoms with van der Waals surface area (Å²) in [6.45, 7) is 0. The summed E-state index contributed by atoms with van der Waals surface area (Å²) in [5.41, 5.74) is 0.476. The van der Waals surface area contributed by atoms with E-state index in [0.717, 1.165) is 0 Å². The maximum absolute atomic E-state index is 11.8. The van der Waals surface area contributed by atoms with Gasteiger partial charge in [0.25, 0.3) is 0 Å². The van der Waals surface area contributed by atoms with Gasteiger partial charge in [-0.3, -0.25) is 0 Å². The molecule has 8 heteroatoms. The van der Waals surface area contributed by atoms with E-state index in [0.29, 0.717) is 27.4 Å². The molecular formula is C12H14BrClN2O3S. The van der Waals surface area contributed by atoms with Crippen LogP contribution in [0, 0.1) is 0 Å². The van der Waals surface area contributed by atoms with Gasteiger partial charge in [0.2, 0.25) is 0 Å². The molecule has 0 bridgehead atoms. The van der Waals surface area contributed by atoms with Crippen molar-refractivity contribution in [2.75, 3.05) is 17.3 Å². The number of urea groups is 1. The molecule has 0 fully saturated rings. The molecule has 1 aromatic carbocycles. The van der Waals surface area contributed by atoms with Crippen LogP contribution in [-0.2, 0) is 4.79 Å². The monoisotopic (exact) mass is 380 g/mol. The Hall–Kier alpha value is -0.920. The predicted octanol–water partition coefficient (Wildman–Crippen LogP) is 3.43. The Balaban J connectivity index is 2.66. The van der Waals surface area contributed by atoms with E-state index in [1.807, 2.05) is 6.26 Å². The maximum Gasteiger partial charge on any atom is 0.326 e. The van der Waals surface area contributed by atoms with E-state index >= 15 is 0 Å². The molecule has 1 atom stereocenters. The molecule has 0 unspecified atom stereocenters. The van der Waals surface area contributed by atoms with E-state index in [9.17, 15) is 9.59 Å². The van der Waals surface area contributed by atoms with Crippen molar-refractivity contribution in [2.24, 2.45) is 0 Å².